The second kappa shape index (κ2) is 6.37. The molecular formula is C21H17ClN4O. The average molecular weight is 377 g/mol. The Morgan fingerprint density at radius 2 is 2.04 bits per heavy atom. The Morgan fingerprint density at radius 1 is 1.15 bits per heavy atom. The van der Waals surface area contributed by atoms with Gasteiger partial charge in [0.2, 0.25) is 0 Å². The predicted molar refractivity (Wildman–Crippen MR) is 107 cm³/mol. The summed E-state index contributed by atoms with van der Waals surface area (Å²) in [7, 11) is 0. The number of nitrogens with zero attached hydrogens (tertiary/aromatic N) is 2. The van der Waals surface area contributed by atoms with Gasteiger partial charge in [-0.3, -0.25) is 0 Å². The molecule has 1 aromatic carbocycles. The van der Waals surface area contributed by atoms with Crippen molar-refractivity contribution in [2.75, 3.05) is 5.32 Å². The summed E-state index contributed by atoms with van der Waals surface area (Å²) >= 11 is 6.11. The van der Waals surface area contributed by atoms with Crippen LogP contribution in [0.2, 0.25) is 5.02 Å². The van der Waals surface area contributed by atoms with Crippen molar-refractivity contribution in [2.24, 2.45) is 0 Å². The highest BCUT2D eigenvalue weighted by Gasteiger charge is 2.30. The van der Waals surface area contributed by atoms with Crippen LogP contribution in [0.25, 0.3) is 22.3 Å². The number of aromatic nitrogens is 3. The molecule has 1 aliphatic rings. The number of halogens is 1. The topological polar surface area (TPSA) is 73.8 Å². The number of benzene rings is 1. The maximum atomic E-state index is 10.5. The van der Waals surface area contributed by atoms with Crippen molar-refractivity contribution in [2.45, 2.75) is 18.6 Å². The Labute approximate surface area is 161 Å². The lowest BCUT2D eigenvalue weighted by atomic mass is 10.1. The first kappa shape index (κ1) is 16.3. The minimum atomic E-state index is -0.469. The highest BCUT2D eigenvalue weighted by Crippen LogP contribution is 2.34. The number of hydrogen-bond donors (Lipinski definition) is 3. The molecule has 0 radical (unpaired) electrons. The molecule has 0 unspecified atom stereocenters. The zero-order valence-corrected chi connectivity index (χ0v) is 15.1. The molecular weight excluding hydrogens is 360 g/mol. The van der Waals surface area contributed by atoms with Crippen LogP contribution in [0.15, 0.2) is 60.9 Å². The third kappa shape index (κ3) is 2.85. The number of nitrogens with one attached hydrogen (secondary N) is 2. The molecule has 3 heterocycles. The minimum Gasteiger partial charge on any atom is -0.390 e. The quantitative estimate of drug-likeness (QED) is 0.497. The van der Waals surface area contributed by atoms with E-state index < -0.39 is 6.10 Å². The van der Waals surface area contributed by atoms with Gasteiger partial charge in [-0.15, -0.1) is 0 Å². The van der Waals surface area contributed by atoms with Crippen LogP contribution < -0.4 is 5.32 Å². The summed E-state index contributed by atoms with van der Waals surface area (Å²) in [4.78, 5) is 12.2. The zero-order chi connectivity index (χ0) is 18.4. The fourth-order valence-electron chi connectivity index (χ4n) is 3.76. The molecule has 0 saturated carbocycles. The minimum absolute atomic E-state index is 0.164. The standard InChI is InChI=1S/C21H17ClN4O/c22-13-9-15-16(11-24-21(15)23-10-13)17-6-3-7-19(25-17)26-20-14-5-2-1-4-12(14)8-18(20)27/h1-7,9-11,18,20,27H,8H2,(H,23,24)(H,25,26)/t18-,20-/m1/s1. The highest BCUT2D eigenvalue weighted by atomic mass is 35.5. The third-order valence-corrected chi connectivity index (χ3v) is 5.24. The van der Waals surface area contributed by atoms with Gasteiger partial charge in [-0.2, -0.15) is 0 Å². The molecule has 5 rings (SSSR count). The number of fused-ring (bicyclic) bond motifs is 2. The lowest BCUT2D eigenvalue weighted by Crippen LogP contribution is -2.21. The maximum Gasteiger partial charge on any atom is 0.138 e. The van der Waals surface area contributed by atoms with Crippen molar-refractivity contribution in [1.82, 2.24) is 15.0 Å². The zero-order valence-electron chi connectivity index (χ0n) is 14.4. The second-order valence-corrected chi connectivity index (χ2v) is 7.19. The first-order valence-electron chi connectivity index (χ1n) is 8.81. The molecule has 27 heavy (non-hydrogen) atoms. The summed E-state index contributed by atoms with van der Waals surface area (Å²) in [6, 6.07) is 15.7. The SMILES string of the molecule is O[C@@H]1Cc2ccccc2[C@H]1Nc1cccc(-c2c[nH]c3ncc(Cl)cc23)n1. The Kier molecular flexibility index (Phi) is 3.85. The summed E-state index contributed by atoms with van der Waals surface area (Å²) in [5.41, 5.74) is 4.83. The molecule has 0 amide bonds. The van der Waals surface area contributed by atoms with Gasteiger partial charge in [0.05, 0.1) is 22.9 Å². The number of aliphatic hydroxyl groups is 1. The van der Waals surface area contributed by atoms with E-state index in [2.05, 4.69) is 27.4 Å². The normalized spacial score (nSPS) is 18.6. The van der Waals surface area contributed by atoms with E-state index in [1.54, 1.807) is 6.20 Å². The van der Waals surface area contributed by atoms with E-state index in [1.807, 2.05) is 42.6 Å². The summed E-state index contributed by atoms with van der Waals surface area (Å²) in [6.45, 7) is 0. The Balaban J connectivity index is 1.50. The average Bonchev–Trinajstić information content (AvgIpc) is 3.23. The van der Waals surface area contributed by atoms with Gasteiger partial charge in [0.25, 0.3) is 0 Å². The number of H-pyrrole nitrogens is 1. The van der Waals surface area contributed by atoms with E-state index >= 15 is 0 Å². The van der Waals surface area contributed by atoms with Crippen molar-refractivity contribution in [1.29, 1.82) is 0 Å². The first-order valence-corrected chi connectivity index (χ1v) is 9.19. The Bertz CT molecular complexity index is 1140. The second-order valence-electron chi connectivity index (χ2n) is 6.75. The highest BCUT2D eigenvalue weighted by molar-refractivity contribution is 6.31. The maximum absolute atomic E-state index is 10.5. The molecule has 0 aliphatic heterocycles. The molecule has 4 aromatic rings. The molecule has 0 fully saturated rings. The molecule has 6 heteroatoms. The van der Waals surface area contributed by atoms with Gasteiger partial charge in [0.1, 0.15) is 11.5 Å². The van der Waals surface area contributed by atoms with Crippen LogP contribution in [0.3, 0.4) is 0 Å². The molecule has 2 atom stereocenters. The van der Waals surface area contributed by atoms with Crippen LogP contribution in [0.1, 0.15) is 17.2 Å². The number of hydrogen-bond acceptors (Lipinski definition) is 4. The van der Waals surface area contributed by atoms with Crippen molar-refractivity contribution in [3.8, 4) is 11.3 Å². The molecule has 0 spiro atoms. The lowest BCUT2D eigenvalue weighted by molar-refractivity contribution is 0.165. The van der Waals surface area contributed by atoms with Crippen LogP contribution in [-0.2, 0) is 6.42 Å². The van der Waals surface area contributed by atoms with Crippen molar-refractivity contribution in [3.05, 3.63) is 77.1 Å². The number of rotatable bonds is 3. The van der Waals surface area contributed by atoms with Gasteiger partial charge in [-0.1, -0.05) is 41.9 Å². The van der Waals surface area contributed by atoms with E-state index in [9.17, 15) is 5.11 Å². The fourth-order valence-corrected chi connectivity index (χ4v) is 3.92. The summed E-state index contributed by atoms with van der Waals surface area (Å²) in [5.74, 6) is 0.720. The van der Waals surface area contributed by atoms with E-state index in [-0.39, 0.29) is 6.04 Å². The number of pyridine rings is 2. The van der Waals surface area contributed by atoms with Gasteiger partial charge in [-0.05, 0) is 29.3 Å². The molecule has 1 aliphatic carbocycles. The molecule has 3 N–H and O–H groups in total. The number of aliphatic hydroxyl groups excluding tert-OH is 1. The van der Waals surface area contributed by atoms with Crippen LogP contribution in [0.4, 0.5) is 5.82 Å². The summed E-state index contributed by atoms with van der Waals surface area (Å²) in [5, 5.41) is 15.4. The number of aromatic amines is 1. The lowest BCUT2D eigenvalue weighted by Gasteiger charge is -2.19. The summed E-state index contributed by atoms with van der Waals surface area (Å²) < 4.78 is 0. The van der Waals surface area contributed by atoms with Crippen molar-refractivity contribution >= 4 is 28.5 Å². The van der Waals surface area contributed by atoms with Gasteiger partial charge >= 0.3 is 0 Å². The van der Waals surface area contributed by atoms with Gasteiger partial charge < -0.3 is 15.4 Å². The third-order valence-electron chi connectivity index (χ3n) is 5.03. The smallest absolute Gasteiger partial charge is 0.138 e. The Hall–Kier alpha value is -2.89. The molecule has 5 nitrogen and oxygen atoms in total. The predicted octanol–water partition coefficient (Wildman–Crippen LogP) is 4.35. The van der Waals surface area contributed by atoms with E-state index in [1.165, 1.54) is 5.56 Å². The van der Waals surface area contributed by atoms with Crippen LogP contribution in [0.5, 0.6) is 0 Å². The van der Waals surface area contributed by atoms with Crippen LogP contribution in [0, 0.1) is 0 Å². The van der Waals surface area contributed by atoms with Crippen molar-refractivity contribution in [3.63, 3.8) is 0 Å². The molecule has 0 saturated heterocycles. The first-order chi connectivity index (χ1) is 13.2. The Morgan fingerprint density at radius 3 is 2.96 bits per heavy atom. The van der Waals surface area contributed by atoms with E-state index in [0.29, 0.717) is 11.4 Å². The number of anilines is 1. The van der Waals surface area contributed by atoms with Gasteiger partial charge in [0.15, 0.2) is 0 Å². The monoisotopic (exact) mass is 376 g/mol. The van der Waals surface area contributed by atoms with Crippen LogP contribution >= 0.6 is 11.6 Å². The van der Waals surface area contributed by atoms with Gasteiger partial charge in [-0.25, -0.2) is 9.97 Å². The van der Waals surface area contributed by atoms with Gasteiger partial charge in [0, 0.05) is 29.8 Å². The molecule has 134 valence electrons. The van der Waals surface area contributed by atoms with E-state index in [4.69, 9.17) is 16.6 Å². The fraction of sp³-hybridized carbons (Fsp3) is 0.143. The van der Waals surface area contributed by atoms with Crippen LogP contribution in [-0.4, -0.2) is 26.2 Å². The molecule has 3 aromatic heterocycles. The summed E-state index contributed by atoms with van der Waals surface area (Å²) in [6.07, 6.45) is 3.69. The van der Waals surface area contributed by atoms with E-state index in [0.717, 1.165) is 33.7 Å². The van der Waals surface area contributed by atoms with Crippen molar-refractivity contribution < 1.29 is 5.11 Å². The largest absolute Gasteiger partial charge is 0.390 e. The molecule has 0 bridgehead atoms.